The van der Waals surface area contributed by atoms with Crippen molar-refractivity contribution in [3.63, 3.8) is 0 Å². The van der Waals surface area contributed by atoms with Gasteiger partial charge in [-0.2, -0.15) is 0 Å². The minimum atomic E-state index is -0.219. The van der Waals surface area contributed by atoms with Crippen LogP contribution >= 0.6 is 0 Å². The highest BCUT2D eigenvalue weighted by Gasteiger charge is 2.15. The molecular weight excluding hydrogens is 410 g/mol. The number of nitrogens with one attached hydrogen (secondary N) is 1. The van der Waals surface area contributed by atoms with Gasteiger partial charge in [0.1, 0.15) is 0 Å². The van der Waals surface area contributed by atoms with E-state index < -0.39 is 0 Å². The summed E-state index contributed by atoms with van der Waals surface area (Å²) in [7, 11) is 0. The van der Waals surface area contributed by atoms with E-state index in [-0.39, 0.29) is 17.1 Å². The van der Waals surface area contributed by atoms with Gasteiger partial charge in [-0.15, -0.1) is 0 Å². The molecule has 0 bridgehead atoms. The smallest absolute Gasteiger partial charge is 0.255 e. The van der Waals surface area contributed by atoms with E-state index in [0.717, 1.165) is 5.56 Å². The summed E-state index contributed by atoms with van der Waals surface area (Å²) in [6, 6.07) is 22.2. The topological polar surface area (TPSA) is 64.0 Å². The van der Waals surface area contributed by atoms with Crippen LogP contribution in [0.15, 0.2) is 91.5 Å². The van der Waals surface area contributed by atoms with Crippen LogP contribution in [0.2, 0.25) is 0 Å². The number of hydrogen-bond acceptors (Lipinski definition) is 3. The van der Waals surface area contributed by atoms with Crippen molar-refractivity contribution in [2.45, 2.75) is 32.7 Å². The summed E-state index contributed by atoms with van der Waals surface area (Å²) in [5.74, 6) is -0.293. The Balaban J connectivity index is 1.44. The molecule has 0 atom stereocenters. The Morgan fingerprint density at radius 3 is 2.21 bits per heavy atom. The van der Waals surface area contributed by atoms with Crippen LogP contribution in [0.3, 0.4) is 0 Å². The van der Waals surface area contributed by atoms with E-state index in [1.807, 2.05) is 47.2 Å². The number of anilines is 1. The zero-order valence-corrected chi connectivity index (χ0v) is 19.1. The Hall–Kier alpha value is -3.99. The van der Waals surface area contributed by atoms with Crippen molar-refractivity contribution >= 4 is 17.4 Å². The fourth-order valence-corrected chi connectivity index (χ4v) is 3.58. The van der Waals surface area contributed by atoms with Crippen LogP contribution in [0.4, 0.5) is 5.69 Å². The van der Waals surface area contributed by atoms with Crippen molar-refractivity contribution in [1.29, 1.82) is 0 Å². The number of imidazole rings is 1. The van der Waals surface area contributed by atoms with Gasteiger partial charge in [0.15, 0.2) is 5.78 Å². The lowest BCUT2D eigenvalue weighted by atomic mass is 9.86. The van der Waals surface area contributed by atoms with Crippen molar-refractivity contribution in [2.24, 2.45) is 0 Å². The minimum absolute atomic E-state index is 0.0312. The predicted octanol–water partition coefficient (Wildman–Crippen LogP) is 5.71. The number of nitrogens with zero attached hydrogens (tertiary/aromatic N) is 2. The van der Waals surface area contributed by atoms with E-state index >= 15 is 0 Å². The molecule has 0 saturated carbocycles. The molecule has 166 valence electrons. The second-order valence-electron chi connectivity index (χ2n) is 9.12. The average Bonchev–Trinajstić information content (AvgIpc) is 3.32. The number of hydrogen-bond donors (Lipinski definition) is 1. The van der Waals surface area contributed by atoms with E-state index in [2.05, 4.69) is 31.1 Å². The number of rotatable bonds is 6. The lowest BCUT2D eigenvalue weighted by molar-refractivity contribution is 0.102. The van der Waals surface area contributed by atoms with Crippen LogP contribution in [-0.2, 0) is 12.0 Å². The highest BCUT2D eigenvalue weighted by molar-refractivity contribution is 6.10. The summed E-state index contributed by atoms with van der Waals surface area (Å²) in [6.07, 6.45) is 5.39. The molecule has 4 aromatic rings. The van der Waals surface area contributed by atoms with Gasteiger partial charge in [-0.25, -0.2) is 4.98 Å². The molecule has 1 heterocycles. The Bertz CT molecular complexity index is 1250. The monoisotopic (exact) mass is 437 g/mol. The van der Waals surface area contributed by atoms with Gasteiger partial charge in [-0.1, -0.05) is 69.3 Å². The molecule has 3 aromatic carbocycles. The molecule has 1 aromatic heterocycles. The van der Waals surface area contributed by atoms with Crippen molar-refractivity contribution in [1.82, 2.24) is 9.55 Å². The summed E-state index contributed by atoms with van der Waals surface area (Å²) < 4.78 is 1.97. The fourth-order valence-electron chi connectivity index (χ4n) is 3.58. The van der Waals surface area contributed by atoms with Crippen molar-refractivity contribution in [3.05, 3.63) is 119 Å². The van der Waals surface area contributed by atoms with Gasteiger partial charge >= 0.3 is 0 Å². The summed E-state index contributed by atoms with van der Waals surface area (Å²) in [5, 5.41) is 2.89. The fraction of sp³-hybridized carbons (Fsp3) is 0.179. The van der Waals surface area contributed by atoms with Gasteiger partial charge in [-0.3, -0.25) is 9.59 Å². The standard InChI is InChI=1S/C28H27N3O2/c1-28(2,3)24-13-11-21(12-14-24)26(32)23-5-4-6-25(17-23)30-27(33)22-9-7-20(8-10-22)18-31-16-15-29-19-31/h4-17,19H,18H2,1-3H3,(H,30,33). The highest BCUT2D eigenvalue weighted by atomic mass is 16.1. The third-order valence-electron chi connectivity index (χ3n) is 5.54. The number of benzene rings is 3. The molecule has 0 radical (unpaired) electrons. The largest absolute Gasteiger partial charge is 0.333 e. The zero-order valence-electron chi connectivity index (χ0n) is 19.1. The van der Waals surface area contributed by atoms with Gasteiger partial charge < -0.3 is 9.88 Å². The van der Waals surface area contributed by atoms with Crippen LogP contribution in [0, 0.1) is 0 Å². The van der Waals surface area contributed by atoms with E-state index in [0.29, 0.717) is 28.9 Å². The third kappa shape index (κ3) is 5.44. The predicted molar refractivity (Wildman–Crippen MR) is 131 cm³/mol. The summed E-state index contributed by atoms with van der Waals surface area (Å²) >= 11 is 0. The second kappa shape index (κ2) is 9.25. The van der Waals surface area contributed by atoms with Crippen molar-refractivity contribution < 1.29 is 9.59 Å². The lowest BCUT2D eigenvalue weighted by Crippen LogP contribution is -2.13. The summed E-state index contributed by atoms with van der Waals surface area (Å²) in [4.78, 5) is 29.7. The Labute approximate surface area is 194 Å². The first-order valence-corrected chi connectivity index (χ1v) is 10.9. The quantitative estimate of drug-likeness (QED) is 0.393. The first kappa shape index (κ1) is 22.2. The number of carbonyl (C=O) groups excluding carboxylic acids is 2. The maximum atomic E-state index is 13.0. The van der Waals surface area contributed by atoms with Crippen LogP contribution in [-0.4, -0.2) is 21.2 Å². The molecule has 0 saturated heterocycles. The normalized spacial score (nSPS) is 11.2. The number of carbonyl (C=O) groups is 2. The van der Waals surface area contributed by atoms with Gasteiger partial charge in [0.25, 0.3) is 5.91 Å². The Morgan fingerprint density at radius 2 is 1.58 bits per heavy atom. The molecule has 0 fully saturated rings. The molecule has 0 spiro atoms. The number of aromatic nitrogens is 2. The van der Waals surface area contributed by atoms with E-state index in [4.69, 9.17) is 0 Å². The second-order valence-corrected chi connectivity index (χ2v) is 9.12. The van der Waals surface area contributed by atoms with E-state index in [1.54, 1.807) is 48.9 Å². The molecule has 5 nitrogen and oxygen atoms in total. The molecule has 1 amide bonds. The first-order valence-electron chi connectivity index (χ1n) is 10.9. The van der Waals surface area contributed by atoms with Crippen LogP contribution in [0.1, 0.15) is 58.2 Å². The lowest BCUT2D eigenvalue weighted by Gasteiger charge is -2.19. The molecule has 0 aliphatic carbocycles. The maximum absolute atomic E-state index is 13.0. The average molecular weight is 438 g/mol. The minimum Gasteiger partial charge on any atom is -0.333 e. The van der Waals surface area contributed by atoms with Crippen LogP contribution in [0.5, 0.6) is 0 Å². The number of ketones is 1. The molecule has 0 aliphatic rings. The number of amides is 1. The maximum Gasteiger partial charge on any atom is 0.255 e. The molecule has 4 rings (SSSR count). The first-order chi connectivity index (χ1) is 15.8. The van der Waals surface area contributed by atoms with E-state index in [9.17, 15) is 9.59 Å². The molecule has 0 unspecified atom stereocenters. The van der Waals surface area contributed by atoms with Gasteiger partial charge in [0.05, 0.1) is 6.33 Å². The van der Waals surface area contributed by atoms with Crippen molar-refractivity contribution in [3.8, 4) is 0 Å². The SMILES string of the molecule is CC(C)(C)c1ccc(C(=O)c2cccc(NC(=O)c3ccc(Cn4ccnc4)cc3)c2)cc1. The third-order valence-corrected chi connectivity index (χ3v) is 5.54. The Morgan fingerprint density at radius 1 is 0.879 bits per heavy atom. The zero-order chi connectivity index (χ0) is 23.4. The van der Waals surface area contributed by atoms with E-state index in [1.165, 1.54) is 5.56 Å². The summed E-state index contributed by atoms with van der Waals surface area (Å²) in [6.45, 7) is 7.12. The summed E-state index contributed by atoms with van der Waals surface area (Å²) in [5.41, 5.74) is 4.58. The molecular formula is C28H27N3O2. The van der Waals surface area contributed by atoms with Gasteiger partial charge in [0, 0.05) is 41.3 Å². The Kier molecular flexibility index (Phi) is 6.22. The molecule has 1 N–H and O–H groups in total. The highest BCUT2D eigenvalue weighted by Crippen LogP contribution is 2.23. The molecule has 33 heavy (non-hydrogen) atoms. The van der Waals surface area contributed by atoms with Crippen molar-refractivity contribution in [2.75, 3.05) is 5.32 Å². The van der Waals surface area contributed by atoms with Crippen LogP contribution < -0.4 is 5.32 Å². The molecule has 5 heteroatoms. The van der Waals surface area contributed by atoms with Gasteiger partial charge in [-0.05, 0) is 40.8 Å². The molecule has 0 aliphatic heterocycles. The van der Waals surface area contributed by atoms with Gasteiger partial charge in [0.2, 0.25) is 0 Å². The van der Waals surface area contributed by atoms with Crippen LogP contribution in [0.25, 0.3) is 0 Å².